The van der Waals surface area contributed by atoms with Gasteiger partial charge in [-0.3, -0.25) is 4.57 Å². The number of thiazole rings is 1. The lowest BCUT2D eigenvalue weighted by Gasteiger charge is -2.07. The molecule has 0 bridgehead atoms. The van der Waals surface area contributed by atoms with Crippen molar-refractivity contribution in [3.63, 3.8) is 0 Å². The van der Waals surface area contributed by atoms with Gasteiger partial charge in [0, 0.05) is 6.20 Å². The molecule has 104 valence electrons. The summed E-state index contributed by atoms with van der Waals surface area (Å²) in [6.45, 7) is 2.03. The summed E-state index contributed by atoms with van der Waals surface area (Å²) in [7, 11) is 0. The fourth-order valence-electron chi connectivity index (χ4n) is 2.48. The quantitative estimate of drug-likeness (QED) is 0.524. The molecule has 0 aliphatic heterocycles. The average molecular weight is 315 g/mol. The fraction of sp³-hybridized carbons (Fsp3) is 0.133. The Morgan fingerprint density at radius 2 is 2.14 bits per heavy atom. The Bertz CT molecular complexity index is 957. The molecule has 0 N–H and O–H groups in total. The Morgan fingerprint density at radius 3 is 3.00 bits per heavy atom. The Balaban J connectivity index is 2.06. The van der Waals surface area contributed by atoms with Crippen molar-refractivity contribution >= 4 is 44.3 Å². The van der Waals surface area contributed by atoms with Crippen molar-refractivity contribution in [2.24, 2.45) is 0 Å². The summed E-state index contributed by atoms with van der Waals surface area (Å²) in [6.07, 6.45) is 1.80. The molecule has 0 unspecified atom stereocenters. The van der Waals surface area contributed by atoms with E-state index in [0.717, 1.165) is 38.5 Å². The normalized spacial score (nSPS) is 11.5. The van der Waals surface area contributed by atoms with Crippen molar-refractivity contribution in [2.75, 3.05) is 0 Å². The highest BCUT2D eigenvalue weighted by Gasteiger charge is 2.14. The van der Waals surface area contributed by atoms with Gasteiger partial charge in [0.05, 0.1) is 27.3 Å². The second-order valence-corrected chi connectivity index (χ2v) is 5.96. The number of rotatable bonds is 2. The van der Waals surface area contributed by atoms with Gasteiger partial charge in [0.15, 0.2) is 5.65 Å². The number of imidazole rings is 1. The Hall–Kier alpha value is -1.98. The number of aryl methyl sites for hydroxylation is 1. The first kappa shape index (κ1) is 12.7. The minimum atomic E-state index is 0.344. The molecule has 0 saturated heterocycles. The zero-order valence-electron chi connectivity index (χ0n) is 11.2. The number of alkyl halides is 1. The van der Waals surface area contributed by atoms with Gasteiger partial charge in [-0.15, -0.1) is 22.9 Å². The number of halogens is 1. The van der Waals surface area contributed by atoms with Crippen LogP contribution in [0.2, 0.25) is 0 Å². The van der Waals surface area contributed by atoms with Gasteiger partial charge < -0.3 is 0 Å². The van der Waals surface area contributed by atoms with Crippen molar-refractivity contribution in [3.8, 4) is 5.69 Å². The van der Waals surface area contributed by atoms with Crippen LogP contribution in [-0.2, 0) is 5.88 Å². The topological polar surface area (TPSA) is 43.6 Å². The SMILES string of the molecule is Cc1ccnc2c1nc(CCl)n2-c1ccc2ncsc2c1. The van der Waals surface area contributed by atoms with E-state index in [1.165, 1.54) is 0 Å². The van der Waals surface area contributed by atoms with Crippen molar-refractivity contribution in [1.82, 2.24) is 19.5 Å². The summed E-state index contributed by atoms with van der Waals surface area (Å²) >= 11 is 7.70. The first-order chi connectivity index (χ1) is 10.3. The first-order valence-electron chi connectivity index (χ1n) is 6.50. The molecular formula is C15H11ClN4S. The van der Waals surface area contributed by atoms with E-state index in [-0.39, 0.29) is 0 Å². The van der Waals surface area contributed by atoms with Gasteiger partial charge in [0.25, 0.3) is 0 Å². The number of fused-ring (bicyclic) bond motifs is 2. The molecule has 0 spiro atoms. The van der Waals surface area contributed by atoms with Gasteiger partial charge in [-0.1, -0.05) is 0 Å². The van der Waals surface area contributed by atoms with Crippen LogP contribution in [0, 0.1) is 6.92 Å². The van der Waals surface area contributed by atoms with Crippen molar-refractivity contribution < 1.29 is 0 Å². The number of hydrogen-bond donors (Lipinski definition) is 0. The van der Waals surface area contributed by atoms with E-state index in [2.05, 4.69) is 21.0 Å². The highest BCUT2D eigenvalue weighted by molar-refractivity contribution is 7.16. The smallest absolute Gasteiger partial charge is 0.164 e. The average Bonchev–Trinajstić information content (AvgIpc) is 3.10. The van der Waals surface area contributed by atoms with E-state index in [9.17, 15) is 0 Å². The third-order valence-corrected chi connectivity index (χ3v) is 4.54. The molecule has 0 amide bonds. The van der Waals surface area contributed by atoms with Crippen LogP contribution in [0.4, 0.5) is 0 Å². The molecule has 6 heteroatoms. The second kappa shape index (κ2) is 4.79. The monoisotopic (exact) mass is 314 g/mol. The molecule has 0 atom stereocenters. The molecule has 4 rings (SSSR count). The molecule has 1 aromatic carbocycles. The lowest BCUT2D eigenvalue weighted by atomic mass is 10.2. The Kier molecular flexibility index (Phi) is 2.90. The maximum Gasteiger partial charge on any atom is 0.164 e. The van der Waals surface area contributed by atoms with E-state index in [1.54, 1.807) is 17.5 Å². The van der Waals surface area contributed by atoms with Crippen molar-refractivity contribution in [1.29, 1.82) is 0 Å². The number of pyridine rings is 1. The third-order valence-electron chi connectivity index (χ3n) is 3.51. The predicted octanol–water partition coefficient (Wildman–Crippen LogP) is 4.08. The minimum Gasteiger partial charge on any atom is -0.280 e. The summed E-state index contributed by atoms with van der Waals surface area (Å²) in [5.74, 6) is 1.15. The van der Waals surface area contributed by atoms with E-state index < -0.39 is 0 Å². The zero-order valence-corrected chi connectivity index (χ0v) is 12.8. The first-order valence-corrected chi connectivity index (χ1v) is 7.92. The van der Waals surface area contributed by atoms with Crippen LogP contribution in [0.1, 0.15) is 11.4 Å². The van der Waals surface area contributed by atoms with Crippen LogP contribution in [-0.4, -0.2) is 19.5 Å². The summed E-state index contributed by atoms with van der Waals surface area (Å²) < 4.78 is 3.16. The molecular weight excluding hydrogens is 304 g/mol. The highest BCUT2D eigenvalue weighted by Crippen LogP contribution is 2.26. The number of hydrogen-bond acceptors (Lipinski definition) is 4. The van der Waals surface area contributed by atoms with Gasteiger partial charge in [0.2, 0.25) is 0 Å². The van der Waals surface area contributed by atoms with Crippen LogP contribution in [0.25, 0.3) is 27.1 Å². The Labute approximate surface area is 130 Å². The molecule has 3 heterocycles. The summed E-state index contributed by atoms with van der Waals surface area (Å²) in [4.78, 5) is 13.4. The molecule has 0 radical (unpaired) electrons. The largest absolute Gasteiger partial charge is 0.280 e. The predicted molar refractivity (Wildman–Crippen MR) is 86.3 cm³/mol. The molecule has 4 aromatic rings. The van der Waals surface area contributed by atoms with Crippen molar-refractivity contribution in [3.05, 3.63) is 47.4 Å². The second-order valence-electron chi connectivity index (χ2n) is 4.80. The van der Waals surface area contributed by atoms with E-state index in [0.29, 0.717) is 5.88 Å². The molecule has 0 fully saturated rings. The van der Waals surface area contributed by atoms with Crippen LogP contribution in [0.15, 0.2) is 36.0 Å². The van der Waals surface area contributed by atoms with Gasteiger partial charge >= 0.3 is 0 Å². The van der Waals surface area contributed by atoms with Crippen molar-refractivity contribution in [2.45, 2.75) is 12.8 Å². The molecule has 0 aliphatic carbocycles. The molecule has 21 heavy (non-hydrogen) atoms. The standard InChI is InChI=1S/C15H11ClN4S/c1-9-4-5-17-15-14(9)19-13(7-16)20(15)10-2-3-11-12(6-10)21-8-18-11/h2-6,8H,7H2,1H3. The van der Waals surface area contributed by atoms with Crippen LogP contribution < -0.4 is 0 Å². The lowest BCUT2D eigenvalue weighted by Crippen LogP contribution is -2.00. The number of aromatic nitrogens is 4. The van der Waals surface area contributed by atoms with Crippen LogP contribution >= 0.6 is 22.9 Å². The molecule has 4 nitrogen and oxygen atoms in total. The fourth-order valence-corrected chi connectivity index (χ4v) is 3.37. The van der Waals surface area contributed by atoms with Gasteiger partial charge in [-0.05, 0) is 36.8 Å². The van der Waals surface area contributed by atoms with E-state index in [1.807, 2.05) is 35.2 Å². The third kappa shape index (κ3) is 1.92. The van der Waals surface area contributed by atoms with Crippen LogP contribution in [0.5, 0.6) is 0 Å². The summed E-state index contributed by atoms with van der Waals surface area (Å²) in [5, 5.41) is 0. The van der Waals surface area contributed by atoms with Gasteiger partial charge in [0.1, 0.15) is 11.3 Å². The summed E-state index contributed by atoms with van der Waals surface area (Å²) in [6, 6.07) is 8.11. The summed E-state index contributed by atoms with van der Waals surface area (Å²) in [5.41, 5.74) is 6.72. The van der Waals surface area contributed by atoms with E-state index >= 15 is 0 Å². The van der Waals surface area contributed by atoms with Gasteiger partial charge in [-0.2, -0.15) is 0 Å². The zero-order chi connectivity index (χ0) is 14.4. The molecule has 0 aliphatic rings. The molecule has 3 aromatic heterocycles. The minimum absolute atomic E-state index is 0.344. The van der Waals surface area contributed by atoms with Crippen LogP contribution in [0.3, 0.4) is 0 Å². The molecule has 0 saturated carbocycles. The Morgan fingerprint density at radius 1 is 1.24 bits per heavy atom. The number of benzene rings is 1. The van der Waals surface area contributed by atoms with Gasteiger partial charge in [-0.25, -0.2) is 15.0 Å². The highest BCUT2D eigenvalue weighted by atomic mass is 35.5. The maximum absolute atomic E-state index is 6.08. The van der Waals surface area contributed by atoms with E-state index in [4.69, 9.17) is 11.6 Å². The lowest BCUT2D eigenvalue weighted by molar-refractivity contribution is 0.971. The maximum atomic E-state index is 6.08. The number of nitrogens with zero attached hydrogens (tertiary/aromatic N) is 4.